The molecule has 1 rings (SSSR count). The van der Waals surface area contributed by atoms with Gasteiger partial charge in [0.15, 0.2) is 6.10 Å². The summed E-state index contributed by atoms with van der Waals surface area (Å²) in [4.78, 5) is 10.8. The van der Waals surface area contributed by atoms with Crippen LogP contribution in [0.4, 0.5) is 13.2 Å². The number of aromatic carboxylic acids is 1. The van der Waals surface area contributed by atoms with Crippen LogP contribution in [0.1, 0.15) is 17.3 Å². The second-order valence-corrected chi connectivity index (χ2v) is 3.68. The number of alkyl halides is 3. The third kappa shape index (κ3) is 3.52. The monoisotopic (exact) mass is 268 g/mol. The average molecular weight is 269 g/mol. The fourth-order valence-electron chi connectivity index (χ4n) is 1.03. The fourth-order valence-corrected chi connectivity index (χ4v) is 1.20. The summed E-state index contributed by atoms with van der Waals surface area (Å²) in [6.07, 6.45) is -6.66. The summed E-state index contributed by atoms with van der Waals surface area (Å²) in [6, 6.07) is 3.38. The topological polar surface area (TPSA) is 46.5 Å². The number of carbonyl (C=O) groups is 1. The Kier molecular flexibility index (Phi) is 3.87. The third-order valence-corrected chi connectivity index (χ3v) is 2.17. The fraction of sp³-hybridized carbons (Fsp3) is 0.300. The van der Waals surface area contributed by atoms with Crippen LogP contribution in [0.5, 0.6) is 5.75 Å². The number of carboxylic acid groups (broad SMARTS) is 1. The molecular formula is C10H8ClF3O3. The summed E-state index contributed by atoms with van der Waals surface area (Å²) < 4.78 is 41.3. The number of carboxylic acids is 1. The van der Waals surface area contributed by atoms with Gasteiger partial charge in [-0.2, -0.15) is 13.2 Å². The van der Waals surface area contributed by atoms with Crippen molar-refractivity contribution in [3.05, 3.63) is 28.8 Å². The van der Waals surface area contributed by atoms with Crippen molar-refractivity contribution in [3.8, 4) is 5.75 Å². The second kappa shape index (κ2) is 4.83. The quantitative estimate of drug-likeness (QED) is 0.914. The van der Waals surface area contributed by atoms with Crippen LogP contribution >= 0.6 is 11.6 Å². The van der Waals surface area contributed by atoms with Crippen molar-refractivity contribution in [1.82, 2.24) is 0 Å². The van der Waals surface area contributed by atoms with Crippen molar-refractivity contribution < 1.29 is 27.8 Å². The van der Waals surface area contributed by atoms with Crippen LogP contribution in [0.15, 0.2) is 18.2 Å². The number of halogens is 4. The molecule has 7 heteroatoms. The van der Waals surface area contributed by atoms with E-state index in [0.717, 1.165) is 19.1 Å². The molecule has 1 unspecified atom stereocenters. The predicted molar refractivity (Wildman–Crippen MR) is 54.6 cm³/mol. The van der Waals surface area contributed by atoms with Crippen molar-refractivity contribution in [2.75, 3.05) is 0 Å². The van der Waals surface area contributed by atoms with Gasteiger partial charge in [0.05, 0.1) is 0 Å². The molecule has 0 aliphatic rings. The Labute approximate surface area is 99.8 Å². The van der Waals surface area contributed by atoms with Crippen molar-refractivity contribution >= 4 is 17.6 Å². The van der Waals surface area contributed by atoms with E-state index in [9.17, 15) is 18.0 Å². The molecule has 1 aromatic carbocycles. The zero-order chi connectivity index (χ0) is 13.2. The van der Waals surface area contributed by atoms with Gasteiger partial charge >= 0.3 is 12.1 Å². The normalized spacial score (nSPS) is 13.2. The predicted octanol–water partition coefficient (Wildman–Crippen LogP) is 3.37. The van der Waals surface area contributed by atoms with Crippen molar-refractivity contribution in [2.24, 2.45) is 0 Å². The number of benzene rings is 1. The molecule has 1 N–H and O–H groups in total. The summed E-state index contributed by atoms with van der Waals surface area (Å²) in [5, 5.41) is 8.89. The molecule has 3 nitrogen and oxygen atoms in total. The highest BCUT2D eigenvalue weighted by molar-refractivity contribution is 6.31. The molecule has 17 heavy (non-hydrogen) atoms. The Bertz CT molecular complexity index is 431. The first-order valence-corrected chi connectivity index (χ1v) is 4.86. The number of hydrogen-bond acceptors (Lipinski definition) is 2. The van der Waals surface area contributed by atoms with Gasteiger partial charge in [-0.15, -0.1) is 0 Å². The lowest BCUT2D eigenvalue weighted by Gasteiger charge is -2.18. The summed E-state index contributed by atoms with van der Waals surface area (Å²) >= 11 is 5.55. The van der Waals surface area contributed by atoms with Crippen LogP contribution in [0.2, 0.25) is 5.02 Å². The maximum Gasteiger partial charge on any atom is 0.425 e. The average Bonchev–Trinajstić information content (AvgIpc) is 2.18. The molecule has 1 atom stereocenters. The van der Waals surface area contributed by atoms with E-state index in [1.165, 1.54) is 6.07 Å². The van der Waals surface area contributed by atoms with E-state index in [0.29, 0.717) is 0 Å². The standard InChI is InChI=1S/C10H8ClF3O3/c1-5(10(12,13)14)17-8-3-2-6(11)4-7(8)9(15)16/h2-5H,1H3,(H,15,16). The first kappa shape index (κ1) is 13.6. The lowest BCUT2D eigenvalue weighted by molar-refractivity contribution is -0.189. The van der Waals surface area contributed by atoms with Crippen molar-refractivity contribution in [3.63, 3.8) is 0 Å². The molecule has 0 saturated carbocycles. The van der Waals surface area contributed by atoms with E-state index in [4.69, 9.17) is 16.7 Å². The maximum absolute atomic E-state index is 12.2. The second-order valence-electron chi connectivity index (χ2n) is 3.25. The van der Waals surface area contributed by atoms with Crippen molar-refractivity contribution in [1.29, 1.82) is 0 Å². The first-order chi connectivity index (χ1) is 7.71. The van der Waals surface area contributed by atoms with Crippen LogP contribution in [0.3, 0.4) is 0 Å². The Morgan fingerprint density at radius 3 is 2.53 bits per heavy atom. The lowest BCUT2D eigenvalue weighted by atomic mass is 10.2. The van der Waals surface area contributed by atoms with Crippen molar-refractivity contribution in [2.45, 2.75) is 19.2 Å². The van der Waals surface area contributed by atoms with E-state index in [2.05, 4.69) is 4.74 Å². The molecule has 1 aromatic rings. The smallest absolute Gasteiger partial charge is 0.425 e. The minimum absolute atomic E-state index is 0.106. The van der Waals surface area contributed by atoms with Gasteiger partial charge in [0.1, 0.15) is 11.3 Å². The maximum atomic E-state index is 12.2. The lowest BCUT2D eigenvalue weighted by Crippen LogP contribution is -2.31. The van der Waals surface area contributed by atoms with Crippen LogP contribution in [-0.4, -0.2) is 23.4 Å². The van der Waals surface area contributed by atoms with Crippen LogP contribution in [-0.2, 0) is 0 Å². The van der Waals surface area contributed by atoms with E-state index in [-0.39, 0.29) is 10.8 Å². The van der Waals surface area contributed by atoms with Gasteiger partial charge in [-0.25, -0.2) is 4.79 Å². The van der Waals surface area contributed by atoms with E-state index in [1.807, 2.05) is 0 Å². The summed E-state index contributed by atoms with van der Waals surface area (Å²) in [6.45, 7) is 0.792. The number of ether oxygens (including phenoxy) is 1. The van der Waals surface area contributed by atoms with Gasteiger partial charge < -0.3 is 9.84 Å². The minimum atomic E-state index is -4.56. The zero-order valence-electron chi connectivity index (χ0n) is 8.58. The highest BCUT2D eigenvalue weighted by Crippen LogP contribution is 2.28. The molecular weight excluding hydrogens is 261 g/mol. The first-order valence-electron chi connectivity index (χ1n) is 4.48. The van der Waals surface area contributed by atoms with Crippen LogP contribution in [0.25, 0.3) is 0 Å². The summed E-state index contributed by atoms with van der Waals surface area (Å²) in [5.41, 5.74) is -0.409. The molecule has 0 aliphatic carbocycles. The van der Waals surface area contributed by atoms with Crippen LogP contribution < -0.4 is 4.74 Å². The molecule has 0 aromatic heterocycles. The third-order valence-electron chi connectivity index (χ3n) is 1.94. The molecule has 0 radical (unpaired) electrons. The van der Waals surface area contributed by atoms with Gasteiger partial charge in [0.2, 0.25) is 0 Å². The van der Waals surface area contributed by atoms with Crippen LogP contribution in [0, 0.1) is 0 Å². The Morgan fingerprint density at radius 1 is 1.47 bits per heavy atom. The molecule has 94 valence electrons. The Morgan fingerprint density at radius 2 is 2.06 bits per heavy atom. The molecule has 0 spiro atoms. The Balaban J connectivity index is 3.03. The molecule has 0 saturated heterocycles. The number of hydrogen-bond donors (Lipinski definition) is 1. The summed E-state index contributed by atoms with van der Waals surface area (Å²) in [5.74, 6) is -1.77. The SMILES string of the molecule is CC(Oc1ccc(Cl)cc1C(=O)O)C(F)(F)F. The van der Waals surface area contributed by atoms with Gasteiger partial charge in [0, 0.05) is 5.02 Å². The molecule has 0 amide bonds. The van der Waals surface area contributed by atoms with E-state index in [1.54, 1.807) is 0 Å². The Hall–Kier alpha value is -1.43. The van der Waals surface area contributed by atoms with Gasteiger partial charge in [-0.3, -0.25) is 0 Å². The highest BCUT2D eigenvalue weighted by Gasteiger charge is 2.38. The largest absolute Gasteiger partial charge is 0.480 e. The van der Waals surface area contributed by atoms with Gasteiger partial charge in [-0.1, -0.05) is 11.6 Å². The molecule has 0 aliphatic heterocycles. The van der Waals surface area contributed by atoms with Gasteiger partial charge in [-0.05, 0) is 25.1 Å². The molecule has 0 heterocycles. The summed E-state index contributed by atoms with van der Waals surface area (Å²) in [7, 11) is 0. The van der Waals surface area contributed by atoms with E-state index >= 15 is 0 Å². The molecule has 0 bridgehead atoms. The minimum Gasteiger partial charge on any atom is -0.480 e. The number of rotatable bonds is 3. The van der Waals surface area contributed by atoms with E-state index < -0.39 is 23.8 Å². The van der Waals surface area contributed by atoms with Gasteiger partial charge in [0.25, 0.3) is 0 Å². The molecule has 0 fully saturated rings. The highest BCUT2D eigenvalue weighted by atomic mass is 35.5. The zero-order valence-corrected chi connectivity index (χ0v) is 9.34.